The molecule has 1 aromatic rings. The highest BCUT2D eigenvalue weighted by Crippen LogP contribution is 2.39. The summed E-state index contributed by atoms with van der Waals surface area (Å²) >= 11 is 0. The molecule has 0 aromatic heterocycles. The van der Waals surface area contributed by atoms with Crippen LogP contribution in [0.3, 0.4) is 0 Å². The molecule has 2 amide bonds. The summed E-state index contributed by atoms with van der Waals surface area (Å²) in [7, 11) is 0. The lowest BCUT2D eigenvalue weighted by Gasteiger charge is -2.10. The van der Waals surface area contributed by atoms with Crippen LogP contribution in [0.4, 0.5) is 5.69 Å². The Bertz CT molecular complexity index is 671. The molecule has 0 spiro atoms. The second kappa shape index (κ2) is 6.02. The number of benzene rings is 1. The van der Waals surface area contributed by atoms with Gasteiger partial charge in [-0.2, -0.15) is 0 Å². The minimum atomic E-state index is -0.915. The number of rotatable bonds is 6. The fraction of sp³-hybridized carbons (Fsp3) is 0.471. The van der Waals surface area contributed by atoms with E-state index in [-0.39, 0.29) is 17.7 Å². The molecule has 1 aromatic carbocycles. The van der Waals surface area contributed by atoms with Crippen molar-refractivity contribution in [3.8, 4) is 0 Å². The number of hydrogen-bond acceptors (Lipinski definition) is 3. The van der Waals surface area contributed by atoms with Gasteiger partial charge in [-0.05, 0) is 36.5 Å². The quantitative estimate of drug-likeness (QED) is 0.741. The third kappa shape index (κ3) is 3.06. The maximum absolute atomic E-state index is 12.1. The lowest BCUT2D eigenvalue weighted by molar-refractivity contribution is -0.140. The van der Waals surface area contributed by atoms with E-state index in [1.807, 2.05) is 18.2 Å². The van der Waals surface area contributed by atoms with Gasteiger partial charge in [0, 0.05) is 12.2 Å². The fourth-order valence-electron chi connectivity index (χ4n) is 3.11. The van der Waals surface area contributed by atoms with Gasteiger partial charge in [0.05, 0.1) is 17.8 Å². The van der Waals surface area contributed by atoms with Crippen LogP contribution in [-0.2, 0) is 20.8 Å². The second-order valence-electron chi connectivity index (χ2n) is 6.18. The number of aliphatic carboxylic acids is 1. The molecule has 3 N–H and O–H groups in total. The number of anilines is 1. The van der Waals surface area contributed by atoms with Crippen LogP contribution >= 0.6 is 0 Å². The molecule has 0 bridgehead atoms. The maximum atomic E-state index is 12.1. The molecule has 1 saturated carbocycles. The molecule has 0 saturated heterocycles. The molecule has 3 rings (SSSR count). The first-order chi connectivity index (χ1) is 11.0. The van der Waals surface area contributed by atoms with Crippen molar-refractivity contribution < 1.29 is 19.5 Å². The number of aryl methyl sites for hydroxylation is 1. The standard InChI is InChI=1S/C17H20N2O4/c1-2-9-3-4-14-11(7-9)10(16(21)19-14)5-6-18-15(20)12-8-13(12)17(22)23/h3-4,7,10,12-13H,2,5-6,8H2,1H3,(H,18,20)(H,19,21)(H,22,23). The van der Waals surface area contributed by atoms with Crippen molar-refractivity contribution in [3.05, 3.63) is 29.3 Å². The van der Waals surface area contributed by atoms with Crippen molar-refractivity contribution in [2.24, 2.45) is 11.8 Å². The third-order valence-electron chi connectivity index (χ3n) is 4.65. The van der Waals surface area contributed by atoms with Gasteiger partial charge in [0.2, 0.25) is 11.8 Å². The minimum Gasteiger partial charge on any atom is -0.481 e. The van der Waals surface area contributed by atoms with E-state index in [1.54, 1.807) is 0 Å². The van der Waals surface area contributed by atoms with E-state index in [2.05, 4.69) is 17.6 Å². The summed E-state index contributed by atoms with van der Waals surface area (Å²) < 4.78 is 0. The first kappa shape index (κ1) is 15.5. The molecule has 3 unspecified atom stereocenters. The highest BCUT2D eigenvalue weighted by Gasteiger charge is 2.48. The van der Waals surface area contributed by atoms with E-state index in [9.17, 15) is 14.4 Å². The Balaban J connectivity index is 1.56. The topological polar surface area (TPSA) is 95.5 Å². The zero-order valence-corrected chi connectivity index (χ0v) is 13.0. The van der Waals surface area contributed by atoms with E-state index in [4.69, 9.17) is 5.11 Å². The predicted molar refractivity (Wildman–Crippen MR) is 84.1 cm³/mol. The summed E-state index contributed by atoms with van der Waals surface area (Å²) in [5.74, 6) is -2.40. The molecule has 122 valence electrons. The number of hydrogen-bond donors (Lipinski definition) is 3. The van der Waals surface area contributed by atoms with Gasteiger partial charge in [0.15, 0.2) is 0 Å². The van der Waals surface area contributed by atoms with Gasteiger partial charge >= 0.3 is 5.97 Å². The van der Waals surface area contributed by atoms with Gasteiger partial charge in [-0.25, -0.2) is 0 Å². The molecule has 6 heteroatoms. The number of carbonyl (C=O) groups excluding carboxylic acids is 2. The predicted octanol–water partition coefficient (Wildman–Crippen LogP) is 1.51. The van der Waals surface area contributed by atoms with Crippen molar-refractivity contribution in [2.45, 2.75) is 32.1 Å². The molecule has 3 atom stereocenters. The second-order valence-corrected chi connectivity index (χ2v) is 6.18. The van der Waals surface area contributed by atoms with Crippen LogP contribution in [0.15, 0.2) is 18.2 Å². The van der Waals surface area contributed by atoms with E-state index < -0.39 is 17.8 Å². The van der Waals surface area contributed by atoms with E-state index in [1.165, 1.54) is 5.56 Å². The van der Waals surface area contributed by atoms with Gasteiger partial charge in [-0.3, -0.25) is 14.4 Å². The summed E-state index contributed by atoms with van der Waals surface area (Å²) in [5, 5.41) is 14.4. The molecule has 1 heterocycles. The summed E-state index contributed by atoms with van der Waals surface area (Å²) in [6, 6.07) is 5.97. The number of carboxylic acids is 1. The summed E-state index contributed by atoms with van der Waals surface area (Å²) in [6.07, 6.45) is 1.83. The zero-order chi connectivity index (χ0) is 16.6. The monoisotopic (exact) mass is 316 g/mol. The molecule has 1 aliphatic heterocycles. The minimum absolute atomic E-state index is 0.0441. The van der Waals surface area contributed by atoms with Gasteiger partial charge < -0.3 is 15.7 Å². The molecule has 1 aliphatic carbocycles. The van der Waals surface area contributed by atoms with Crippen LogP contribution in [0.1, 0.15) is 36.8 Å². The molecule has 1 fully saturated rings. The van der Waals surface area contributed by atoms with E-state index in [0.29, 0.717) is 19.4 Å². The van der Waals surface area contributed by atoms with Crippen molar-refractivity contribution >= 4 is 23.5 Å². The molecular formula is C17H20N2O4. The number of carboxylic acid groups (broad SMARTS) is 1. The van der Waals surface area contributed by atoms with Crippen molar-refractivity contribution in [3.63, 3.8) is 0 Å². The molecular weight excluding hydrogens is 296 g/mol. The molecule has 0 radical (unpaired) electrons. The Morgan fingerprint density at radius 1 is 1.35 bits per heavy atom. The lowest BCUT2D eigenvalue weighted by atomic mass is 9.95. The third-order valence-corrected chi connectivity index (χ3v) is 4.65. The Labute approximate surface area is 134 Å². The largest absolute Gasteiger partial charge is 0.481 e. The van der Waals surface area contributed by atoms with Crippen LogP contribution in [0, 0.1) is 11.8 Å². The van der Waals surface area contributed by atoms with Gasteiger partial charge in [-0.1, -0.05) is 19.1 Å². The van der Waals surface area contributed by atoms with E-state index >= 15 is 0 Å². The summed E-state index contributed by atoms with van der Waals surface area (Å²) in [6.45, 7) is 2.44. The van der Waals surface area contributed by atoms with Gasteiger partial charge in [0.25, 0.3) is 0 Å². The van der Waals surface area contributed by atoms with Crippen LogP contribution < -0.4 is 10.6 Å². The summed E-state index contributed by atoms with van der Waals surface area (Å²) in [4.78, 5) is 34.7. The number of fused-ring (bicyclic) bond motifs is 1. The van der Waals surface area contributed by atoms with Crippen LogP contribution in [0.5, 0.6) is 0 Å². The van der Waals surface area contributed by atoms with Gasteiger partial charge in [-0.15, -0.1) is 0 Å². The van der Waals surface area contributed by atoms with Crippen molar-refractivity contribution in [1.82, 2.24) is 5.32 Å². The number of nitrogens with one attached hydrogen (secondary N) is 2. The number of amides is 2. The van der Waals surface area contributed by atoms with Crippen LogP contribution in [0.2, 0.25) is 0 Å². The first-order valence-corrected chi connectivity index (χ1v) is 7.95. The van der Waals surface area contributed by atoms with Crippen LogP contribution in [-0.4, -0.2) is 29.4 Å². The Morgan fingerprint density at radius 3 is 2.78 bits per heavy atom. The van der Waals surface area contributed by atoms with Gasteiger partial charge in [0.1, 0.15) is 0 Å². The number of carbonyl (C=O) groups is 3. The fourth-order valence-corrected chi connectivity index (χ4v) is 3.11. The maximum Gasteiger partial charge on any atom is 0.307 e. The Kier molecular flexibility index (Phi) is 4.07. The highest BCUT2D eigenvalue weighted by molar-refractivity contribution is 6.03. The van der Waals surface area contributed by atoms with Crippen molar-refractivity contribution in [2.75, 3.05) is 11.9 Å². The summed E-state index contributed by atoms with van der Waals surface area (Å²) in [5.41, 5.74) is 3.01. The molecule has 2 aliphatic rings. The Morgan fingerprint density at radius 2 is 2.13 bits per heavy atom. The SMILES string of the molecule is CCc1ccc2c(c1)C(CCNC(=O)C1CC1C(=O)O)C(=O)N2. The normalized spacial score (nSPS) is 24.7. The smallest absolute Gasteiger partial charge is 0.307 e. The molecule has 23 heavy (non-hydrogen) atoms. The first-order valence-electron chi connectivity index (χ1n) is 7.95. The van der Waals surface area contributed by atoms with E-state index in [0.717, 1.165) is 17.7 Å². The lowest BCUT2D eigenvalue weighted by Crippen LogP contribution is -2.29. The molecule has 6 nitrogen and oxygen atoms in total. The average Bonchev–Trinajstić information content (AvgIpc) is 3.27. The average molecular weight is 316 g/mol. The Hall–Kier alpha value is -2.37. The van der Waals surface area contributed by atoms with Crippen molar-refractivity contribution in [1.29, 1.82) is 0 Å². The highest BCUT2D eigenvalue weighted by atomic mass is 16.4. The van der Waals surface area contributed by atoms with Crippen LogP contribution in [0.25, 0.3) is 0 Å². The zero-order valence-electron chi connectivity index (χ0n) is 13.0.